The van der Waals surface area contributed by atoms with E-state index in [4.69, 9.17) is 16.3 Å². The van der Waals surface area contributed by atoms with Crippen LogP contribution in [-0.4, -0.2) is 38.2 Å². The third-order valence-electron chi connectivity index (χ3n) is 3.59. The van der Waals surface area contributed by atoms with E-state index in [1.165, 1.54) is 18.3 Å². The second-order valence-corrected chi connectivity index (χ2v) is 6.78. The fourth-order valence-corrected chi connectivity index (χ4v) is 3.03. The average molecular weight is 406 g/mol. The molecule has 27 heavy (non-hydrogen) atoms. The zero-order valence-electron chi connectivity index (χ0n) is 14.3. The van der Waals surface area contributed by atoms with Crippen molar-refractivity contribution in [1.29, 1.82) is 0 Å². The van der Waals surface area contributed by atoms with Crippen molar-refractivity contribution in [1.82, 2.24) is 25.5 Å². The van der Waals surface area contributed by atoms with Crippen molar-refractivity contribution < 1.29 is 14.3 Å². The van der Waals surface area contributed by atoms with Crippen LogP contribution in [0.15, 0.2) is 41.1 Å². The molecule has 0 radical (unpaired) electrons. The molecule has 0 aliphatic carbocycles. The Bertz CT molecular complexity index is 928. The van der Waals surface area contributed by atoms with Crippen molar-refractivity contribution in [3.8, 4) is 11.4 Å². The lowest BCUT2D eigenvalue weighted by atomic mass is 10.2. The van der Waals surface area contributed by atoms with Gasteiger partial charge >= 0.3 is 5.97 Å². The molecule has 1 N–H and O–H groups in total. The van der Waals surface area contributed by atoms with Crippen molar-refractivity contribution in [2.45, 2.75) is 26.1 Å². The maximum Gasteiger partial charge on any atom is 0.330 e. The van der Waals surface area contributed by atoms with Gasteiger partial charge in [-0.2, -0.15) is 16.1 Å². The Morgan fingerprint density at radius 1 is 1.33 bits per heavy atom. The van der Waals surface area contributed by atoms with Crippen molar-refractivity contribution in [3.63, 3.8) is 0 Å². The lowest BCUT2D eigenvalue weighted by Crippen LogP contribution is -2.36. The molecule has 0 aliphatic rings. The molecule has 3 aromatic rings. The van der Waals surface area contributed by atoms with E-state index in [9.17, 15) is 9.59 Å². The van der Waals surface area contributed by atoms with Crippen molar-refractivity contribution in [2.75, 3.05) is 0 Å². The van der Waals surface area contributed by atoms with E-state index in [0.29, 0.717) is 10.8 Å². The summed E-state index contributed by atoms with van der Waals surface area (Å²) in [6.07, 6.45) is -0.958. The van der Waals surface area contributed by atoms with Crippen LogP contribution < -0.4 is 5.32 Å². The van der Waals surface area contributed by atoms with Gasteiger partial charge in [0.05, 0.1) is 0 Å². The Labute approximate surface area is 164 Å². The molecule has 10 heteroatoms. The van der Waals surface area contributed by atoms with Crippen LogP contribution in [0.3, 0.4) is 0 Å². The first kappa shape index (κ1) is 19.0. The normalized spacial score (nSPS) is 11.8. The van der Waals surface area contributed by atoms with Gasteiger partial charge in [-0.25, -0.2) is 4.79 Å². The number of aromatic nitrogens is 4. The van der Waals surface area contributed by atoms with Crippen LogP contribution >= 0.6 is 22.9 Å². The van der Waals surface area contributed by atoms with Gasteiger partial charge < -0.3 is 10.1 Å². The number of thiophene rings is 1. The first-order chi connectivity index (χ1) is 13.0. The number of carbonyl (C=O) groups excluding carboxylic acids is 2. The largest absolute Gasteiger partial charge is 0.451 e. The van der Waals surface area contributed by atoms with E-state index < -0.39 is 18.0 Å². The molecule has 8 nitrogen and oxygen atoms in total. The number of nitrogens with one attached hydrogen (secondary N) is 1. The van der Waals surface area contributed by atoms with Gasteiger partial charge in [-0.05, 0) is 35.2 Å². The van der Waals surface area contributed by atoms with E-state index in [1.807, 2.05) is 22.9 Å². The summed E-state index contributed by atoms with van der Waals surface area (Å²) in [5, 5.41) is 18.8. The molecule has 0 spiro atoms. The number of ether oxygens (including phenoxy) is 1. The van der Waals surface area contributed by atoms with Gasteiger partial charge in [0.15, 0.2) is 12.6 Å². The third kappa shape index (κ3) is 5.11. The number of benzene rings is 1. The number of rotatable bonds is 7. The molecule has 0 saturated carbocycles. The first-order valence-corrected chi connectivity index (χ1v) is 9.36. The molecule has 140 valence electrons. The molecule has 3 rings (SSSR count). The minimum atomic E-state index is -0.958. The second kappa shape index (κ2) is 8.74. The molecular weight excluding hydrogens is 390 g/mol. The molecule has 0 unspecified atom stereocenters. The molecule has 2 heterocycles. The lowest BCUT2D eigenvalue weighted by Gasteiger charge is -2.13. The highest BCUT2D eigenvalue weighted by atomic mass is 35.5. The Kier molecular flexibility index (Phi) is 6.15. The zero-order chi connectivity index (χ0) is 19.2. The molecule has 1 atom stereocenters. The second-order valence-electron chi connectivity index (χ2n) is 5.60. The topological polar surface area (TPSA) is 99.0 Å². The highest BCUT2D eigenvalue weighted by Crippen LogP contribution is 2.16. The summed E-state index contributed by atoms with van der Waals surface area (Å²) in [4.78, 5) is 25.2. The summed E-state index contributed by atoms with van der Waals surface area (Å²) < 4.78 is 5.12. The van der Waals surface area contributed by atoms with Gasteiger partial charge in [-0.3, -0.25) is 4.79 Å². The number of esters is 1. The quantitative estimate of drug-likeness (QED) is 0.605. The molecule has 0 fully saturated rings. The maximum absolute atomic E-state index is 12.1. The lowest BCUT2D eigenvalue weighted by molar-refractivity contribution is -0.155. The summed E-state index contributed by atoms with van der Waals surface area (Å²) in [6, 6.07) is 9.03. The van der Waals surface area contributed by atoms with E-state index in [-0.39, 0.29) is 13.1 Å². The third-order valence-corrected chi connectivity index (χ3v) is 4.64. The summed E-state index contributed by atoms with van der Waals surface area (Å²) >= 11 is 7.55. The van der Waals surface area contributed by atoms with Gasteiger partial charge in [-0.1, -0.05) is 29.8 Å². The molecule has 1 aromatic carbocycles. The van der Waals surface area contributed by atoms with Gasteiger partial charge in [0.2, 0.25) is 5.82 Å². The van der Waals surface area contributed by atoms with E-state index >= 15 is 0 Å². The number of nitrogens with zero attached hydrogens (tertiary/aromatic N) is 4. The van der Waals surface area contributed by atoms with Crippen LogP contribution in [0.2, 0.25) is 5.02 Å². The standard InChI is InChI=1S/C17H16ClN5O3S/c1-11(17(25)19-8-12-4-2-3-5-14(12)18)26-15(24)9-23-21-16(20-22-23)13-6-7-27-10-13/h2-7,10-11H,8-9H2,1H3,(H,19,25)/t11-/m0/s1. The predicted molar refractivity (Wildman–Crippen MR) is 100.0 cm³/mol. The number of halogens is 1. The van der Waals surface area contributed by atoms with Crippen LogP contribution in [0, 0.1) is 0 Å². The fourth-order valence-electron chi connectivity index (χ4n) is 2.19. The van der Waals surface area contributed by atoms with Crippen molar-refractivity contribution >= 4 is 34.8 Å². The Hall–Kier alpha value is -2.78. The Morgan fingerprint density at radius 3 is 2.89 bits per heavy atom. The van der Waals surface area contributed by atoms with Crippen LogP contribution in [0.4, 0.5) is 0 Å². The smallest absolute Gasteiger partial charge is 0.330 e. The zero-order valence-corrected chi connectivity index (χ0v) is 15.9. The molecule has 0 aliphatic heterocycles. The van der Waals surface area contributed by atoms with Crippen LogP contribution in [0.25, 0.3) is 11.4 Å². The average Bonchev–Trinajstić information content (AvgIpc) is 3.32. The molecule has 2 aromatic heterocycles. The molecule has 0 bridgehead atoms. The van der Waals surface area contributed by atoms with E-state index in [2.05, 4.69) is 20.7 Å². The molecule has 0 saturated heterocycles. The monoisotopic (exact) mass is 405 g/mol. The fraction of sp³-hybridized carbons (Fsp3) is 0.235. The summed E-state index contributed by atoms with van der Waals surface area (Å²) in [5.41, 5.74) is 1.60. The van der Waals surface area contributed by atoms with Gasteiger partial charge in [-0.15, -0.1) is 10.2 Å². The van der Waals surface area contributed by atoms with Crippen molar-refractivity contribution in [2.24, 2.45) is 0 Å². The number of tetrazole rings is 1. The van der Waals surface area contributed by atoms with Crippen LogP contribution in [0.5, 0.6) is 0 Å². The summed E-state index contributed by atoms with van der Waals surface area (Å²) in [6.45, 7) is 1.50. The SMILES string of the molecule is C[C@H](OC(=O)Cn1nnc(-c2ccsc2)n1)C(=O)NCc1ccccc1Cl. The summed E-state index contributed by atoms with van der Waals surface area (Å²) in [5.74, 6) is -0.631. The highest BCUT2D eigenvalue weighted by molar-refractivity contribution is 7.08. The maximum atomic E-state index is 12.1. The Morgan fingerprint density at radius 2 is 2.15 bits per heavy atom. The number of hydrogen-bond donors (Lipinski definition) is 1. The predicted octanol–water partition coefficient (Wildman–Crippen LogP) is 2.30. The van der Waals surface area contributed by atoms with Crippen LogP contribution in [0.1, 0.15) is 12.5 Å². The molecular formula is C17H16ClN5O3S. The van der Waals surface area contributed by atoms with Gasteiger partial charge in [0, 0.05) is 22.5 Å². The highest BCUT2D eigenvalue weighted by Gasteiger charge is 2.19. The van der Waals surface area contributed by atoms with Gasteiger partial charge in [0.25, 0.3) is 5.91 Å². The molecule has 1 amide bonds. The van der Waals surface area contributed by atoms with E-state index in [0.717, 1.165) is 15.9 Å². The Balaban J connectivity index is 1.48. The van der Waals surface area contributed by atoms with Crippen molar-refractivity contribution in [3.05, 3.63) is 51.7 Å². The minimum Gasteiger partial charge on any atom is -0.451 e. The van der Waals surface area contributed by atoms with E-state index in [1.54, 1.807) is 18.2 Å². The number of amides is 1. The number of carbonyl (C=O) groups is 2. The summed E-state index contributed by atoms with van der Waals surface area (Å²) in [7, 11) is 0. The van der Waals surface area contributed by atoms with Gasteiger partial charge in [0.1, 0.15) is 0 Å². The first-order valence-electron chi connectivity index (χ1n) is 8.04. The minimum absolute atomic E-state index is 0.237. The number of hydrogen-bond acceptors (Lipinski definition) is 7. The van der Waals surface area contributed by atoms with Crippen LogP contribution in [-0.2, 0) is 27.4 Å².